The molecule has 0 spiro atoms. The molecule has 1 aromatic carbocycles. The number of hydrogen-bond acceptors (Lipinski definition) is 5. The van der Waals surface area contributed by atoms with Crippen molar-refractivity contribution < 1.29 is 28.9 Å². The van der Waals surface area contributed by atoms with Crippen molar-refractivity contribution in [3.05, 3.63) is 23.8 Å². The Labute approximate surface area is 109 Å². The summed E-state index contributed by atoms with van der Waals surface area (Å²) in [7, 11) is 2.94. The van der Waals surface area contributed by atoms with E-state index in [-0.39, 0.29) is 6.42 Å². The zero-order valence-electron chi connectivity index (χ0n) is 10.6. The van der Waals surface area contributed by atoms with Gasteiger partial charge in [0, 0.05) is 5.56 Å². The molecule has 0 aromatic heterocycles. The summed E-state index contributed by atoms with van der Waals surface area (Å²) in [5.41, 5.74) is 0.500. The van der Waals surface area contributed by atoms with E-state index in [2.05, 4.69) is 0 Å². The number of benzene rings is 1. The van der Waals surface area contributed by atoms with Gasteiger partial charge in [-0.05, 0) is 6.07 Å². The summed E-state index contributed by atoms with van der Waals surface area (Å²) >= 11 is 0. The number of methoxy groups -OCH3 is 2. The Morgan fingerprint density at radius 1 is 1.37 bits per heavy atom. The fourth-order valence-corrected chi connectivity index (χ4v) is 2.19. The molecule has 0 unspecified atom stereocenters. The SMILES string of the molecule is COc1cccc([C@@H]2OC(=O)C[C@@H]2C(=O)O)c1OC. The second-order valence-corrected chi connectivity index (χ2v) is 4.14. The van der Waals surface area contributed by atoms with Crippen molar-refractivity contribution in [3.8, 4) is 11.5 Å². The maximum Gasteiger partial charge on any atom is 0.311 e. The van der Waals surface area contributed by atoms with Gasteiger partial charge in [-0.3, -0.25) is 9.59 Å². The zero-order chi connectivity index (χ0) is 14.0. The van der Waals surface area contributed by atoms with Crippen LogP contribution in [0, 0.1) is 5.92 Å². The van der Waals surface area contributed by atoms with Crippen molar-refractivity contribution in [1.29, 1.82) is 0 Å². The van der Waals surface area contributed by atoms with Crippen molar-refractivity contribution in [2.75, 3.05) is 14.2 Å². The maximum absolute atomic E-state index is 11.3. The van der Waals surface area contributed by atoms with Crippen LogP contribution in [-0.2, 0) is 14.3 Å². The number of carboxylic acids is 1. The predicted molar refractivity (Wildman–Crippen MR) is 64.1 cm³/mol. The van der Waals surface area contributed by atoms with Gasteiger partial charge in [0.25, 0.3) is 0 Å². The number of carbonyl (C=O) groups excluding carboxylic acids is 1. The number of aliphatic carboxylic acids is 1. The molecule has 0 bridgehead atoms. The molecule has 1 N–H and O–H groups in total. The third-order valence-corrected chi connectivity index (χ3v) is 3.07. The molecule has 0 amide bonds. The van der Waals surface area contributed by atoms with Crippen LogP contribution in [-0.4, -0.2) is 31.3 Å². The Morgan fingerprint density at radius 3 is 2.68 bits per heavy atom. The van der Waals surface area contributed by atoms with Gasteiger partial charge < -0.3 is 19.3 Å². The molecule has 1 aliphatic heterocycles. The summed E-state index contributed by atoms with van der Waals surface area (Å²) in [5, 5.41) is 9.15. The summed E-state index contributed by atoms with van der Waals surface area (Å²) in [6.45, 7) is 0. The lowest BCUT2D eigenvalue weighted by atomic mass is 9.94. The van der Waals surface area contributed by atoms with Crippen LogP contribution in [0.2, 0.25) is 0 Å². The first-order chi connectivity index (χ1) is 9.08. The van der Waals surface area contributed by atoms with Gasteiger partial charge in [0.1, 0.15) is 12.0 Å². The number of hydrogen-bond donors (Lipinski definition) is 1. The molecule has 1 saturated heterocycles. The number of carbonyl (C=O) groups is 2. The minimum atomic E-state index is -1.07. The van der Waals surface area contributed by atoms with Crippen LogP contribution in [0.3, 0.4) is 0 Å². The lowest BCUT2D eigenvalue weighted by Crippen LogP contribution is -2.18. The van der Waals surface area contributed by atoms with Crippen LogP contribution in [0.25, 0.3) is 0 Å². The van der Waals surface area contributed by atoms with Gasteiger partial charge >= 0.3 is 11.9 Å². The highest BCUT2D eigenvalue weighted by Gasteiger charge is 2.42. The van der Waals surface area contributed by atoms with E-state index in [1.807, 2.05) is 0 Å². The average Bonchev–Trinajstić information content (AvgIpc) is 2.79. The Bertz CT molecular complexity index is 510. The first kappa shape index (κ1) is 13.2. The summed E-state index contributed by atoms with van der Waals surface area (Å²) in [5.74, 6) is -1.65. The topological polar surface area (TPSA) is 82.1 Å². The third kappa shape index (κ3) is 2.33. The molecule has 2 rings (SSSR count). The molecule has 1 fully saturated rings. The predicted octanol–water partition coefficient (Wildman–Crippen LogP) is 1.39. The van der Waals surface area contributed by atoms with Gasteiger partial charge in [-0.15, -0.1) is 0 Å². The molecule has 6 nitrogen and oxygen atoms in total. The van der Waals surface area contributed by atoms with E-state index in [0.29, 0.717) is 17.1 Å². The van der Waals surface area contributed by atoms with Gasteiger partial charge in [-0.25, -0.2) is 0 Å². The number of cyclic esters (lactones) is 1. The molecule has 2 atom stereocenters. The molecular weight excluding hydrogens is 252 g/mol. The minimum absolute atomic E-state index is 0.139. The molecule has 0 saturated carbocycles. The second-order valence-electron chi connectivity index (χ2n) is 4.14. The molecule has 1 heterocycles. The van der Waals surface area contributed by atoms with Crippen LogP contribution in [0.5, 0.6) is 11.5 Å². The largest absolute Gasteiger partial charge is 0.493 e. The zero-order valence-corrected chi connectivity index (χ0v) is 10.6. The third-order valence-electron chi connectivity index (χ3n) is 3.07. The molecule has 19 heavy (non-hydrogen) atoms. The second kappa shape index (κ2) is 5.17. The minimum Gasteiger partial charge on any atom is -0.493 e. The Kier molecular flexibility index (Phi) is 3.59. The number of ether oxygens (including phenoxy) is 3. The molecule has 6 heteroatoms. The van der Waals surface area contributed by atoms with Crippen molar-refractivity contribution >= 4 is 11.9 Å². The van der Waals surface area contributed by atoms with Crippen molar-refractivity contribution in [2.24, 2.45) is 5.92 Å². The van der Waals surface area contributed by atoms with E-state index in [9.17, 15) is 9.59 Å². The highest BCUT2D eigenvalue weighted by Crippen LogP contribution is 2.43. The summed E-state index contributed by atoms with van der Waals surface area (Å²) < 4.78 is 15.5. The van der Waals surface area contributed by atoms with Gasteiger partial charge in [0.2, 0.25) is 0 Å². The number of esters is 1. The molecule has 0 radical (unpaired) electrons. The van der Waals surface area contributed by atoms with Gasteiger partial charge in [-0.1, -0.05) is 12.1 Å². The maximum atomic E-state index is 11.3. The molecule has 1 aromatic rings. The van der Waals surface area contributed by atoms with Gasteiger partial charge in [0.05, 0.1) is 20.6 Å². The number of rotatable bonds is 4. The van der Waals surface area contributed by atoms with Crippen LogP contribution < -0.4 is 9.47 Å². The van der Waals surface area contributed by atoms with Gasteiger partial charge in [0.15, 0.2) is 11.5 Å². The highest BCUT2D eigenvalue weighted by molar-refractivity contribution is 5.83. The van der Waals surface area contributed by atoms with Crippen LogP contribution in [0.15, 0.2) is 18.2 Å². The Morgan fingerprint density at radius 2 is 2.11 bits per heavy atom. The van der Waals surface area contributed by atoms with E-state index in [4.69, 9.17) is 19.3 Å². The van der Waals surface area contributed by atoms with E-state index in [1.165, 1.54) is 14.2 Å². The Balaban J connectivity index is 2.45. The van der Waals surface area contributed by atoms with Crippen molar-refractivity contribution in [2.45, 2.75) is 12.5 Å². The first-order valence-electron chi connectivity index (χ1n) is 5.71. The highest BCUT2D eigenvalue weighted by atomic mass is 16.6. The first-order valence-corrected chi connectivity index (χ1v) is 5.71. The summed E-state index contributed by atoms with van der Waals surface area (Å²) in [4.78, 5) is 22.5. The molecule has 1 aliphatic rings. The molecule has 102 valence electrons. The fourth-order valence-electron chi connectivity index (χ4n) is 2.19. The number of para-hydroxylation sites is 1. The van der Waals surface area contributed by atoms with Crippen LogP contribution >= 0.6 is 0 Å². The standard InChI is InChI=1S/C13H14O6/c1-17-9-5-3-4-7(12(9)18-2)11-8(13(15)16)6-10(14)19-11/h3-5,8,11H,6H2,1-2H3,(H,15,16)/t8-,11-/m0/s1. The lowest BCUT2D eigenvalue weighted by molar-refractivity contribution is -0.144. The van der Waals surface area contributed by atoms with E-state index in [0.717, 1.165) is 0 Å². The monoisotopic (exact) mass is 266 g/mol. The van der Waals surface area contributed by atoms with E-state index < -0.39 is 24.0 Å². The van der Waals surface area contributed by atoms with Crippen LogP contribution in [0.4, 0.5) is 0 Å². The quantitative estimate of drug-likeness (QED) is 0.829. The summed E-state index contributed by atoms with van der Waals surface area (Å²) in [6.07, 6.45) is -0.990. The molecular formula is C13H14O6. The average molecular weight is 266 g/mol. The van der Waals surface area contributed by atoms with Gasteiger partial charge in [-0.2, -0.15) is 0 Å². The van der Waals surface area contributed by atoms with Crippen molar-refractivity contribution in [1.82, 2.24) is 0 Å². The van der Waals surface area contributed by atoms with E-state index in [1.54, 1.807) is 18.2 Å². The summed E-state index contributed by atoms with van der Waals surface area (Å²) in [6, 6.07) is 5.05. The van der Waals surface area contributed by atoms with E-state index >= 15 is 0 Å². The lowest BCUT2D eigenvalue weighted by Gasteiger charge is -2.19. The Hall–Kier alpha value is -2.24. The number of carboxylic acid groups (broad SMARTS) is 1. The van der Waals surface area contributed by atoms with Crippen LogP contribution in [0.1, 0.15) is 18.1 Å². The molecule has 0 aliphatic carbocycles. The normalized spacial score (nSPS) is 21.9. The fraction of sp³-hybridized carbons (Fsp3) is 0.385. The van der Waals surface area contributed by atoms with Crippen molar-refractivity contribution in [3.63, 3.8) is 0 Å². The smallest absolute Gasteiger partial charge is 0.311 e.